The summed E-state index contributed by atoms with van der Waals surface area (Å²) in [4.78, 5) is 12.8. The van der Waals surface area contributed by atoms with Crippen LogP contribution in [0, 0.1) is 5.92 Å². The summed E-state index contributed by atoms with van der Waals surface area (Å²) >= 11 is 0. The normalized spacial score (nSPS) is 18.7. The van der Waals surface area contributed by atoms with Crippen LogP contribution in [0.5, 0.6) is 5.75 Å². The van der Waals surface area contributed by atoms with E-state index in [2.05, 4.69) is 6.92 Å². The molecule has 2 aromatic carbocycles. The number of carbonyl (C=O) groups is 1. The first-order valence-electron chi connectivity index (χ1n) is 11.8. The summed E-state index contributed by atoms with van der Waals surface area (Å²) in [7, 11) is 0. The maximum absolute atomic E-state index is 13.8. The highest BCUT2D eigenvalue weighted by Crippen LogP contribution is 2.40. The molecule has 0 aliphatic heterocycles. The maximum atomic E-state index is 13.8. The van der Waals surface area contributed by atoms with Gasteiger partial charge in [-0.05, 0) is 67.7 Å². The smallest absolute Gasteiger partial charge is 0.267 e. The van der Waals surface area contributed by atoms with Gasteiger partial charge in [-0.1, -0.05) is 44.0 Å². The fourth-order valence-corrected chi connectivity index (χ4v) is 4.98. The Labute approximate surface area is 193 Å². The summed E-state index contributed by atoms with van der Waals surface area (Å²) in [5, 5.41) is 0. The Bertz CT molecular complexity index is 916. The van der Waals surface area contributed by atoms with E-state index in [0.29, 0.717) is 11.5 Å². The number of alkyl halides is 4. The van der Waals surface area contributed by atoms with Gasteiger partial charge in [-0.25, -0.2) is 17.6 Å². The Morgan fingerprint density at radius 1 is 0.909 bits per heavy atom. The molecular weight excluding hydrogens is 432 g/mol. The molecule has 0 radical (unpaired) electrons. The van der Waals surface area contributed by atoms with Gasteiger partial charge in [-0.3, -0.25) is 4.79 Å². The van der Waals surface area contributed by atoms with Crippen LogP contribution in [0.25, 0.3) is 0 Å². The third-order valence-electron chi connectivity index (χ3n) is 6.64. The van der Waals surface area contributed by atoms with Crippen molar-refractivity contribution in [2.75, 3.05) is 6.61 Å². The second kappa shape index (κ2) is 11.7. The number of hydrogen-bond acceptors (Lipinski definition) is 2. The van der Waals surface area contributed by atoms with Crippen LogP contribution >= 0.6 is 0 Å². The number of rotatable bonds is 10. The predicted octanol–water partition coefficient (Wildman–Crippen LogP) is 8.46. The first-order chi connectivity index (χ1) is 15.8. The molecule has 0 N–H and O–H groups in total. The highest BCUT2D eigenvalue weighted by molar-refractivity contribution is 5.99. The van der Waals surface area contributed by atoms with Crippen molar-refractivity contribution in [2.45, 2.75) is 77.6 Å². The lowest BCUT2D eigenvalue weighted by Gasteiger charge is -2.28. The van der Waals surface area contributed by atoms with Crippen molar-refractivity contribution >= 4 is 5.78 Å². The molecule has 1 saturated carbocycles. The molecule has 0 bridgehead atoms. The predicted molar refractivity (Wildman–Crippen MR) is 122 cm³/mol. The number of halogens is 4. The first kappa shape index (κ1) is 25.3. The van der Waals surface area contributed by atoms with Crippen LogP contribution in [0.1, 0.15) is 104 Å². The monoisotopic (exact) mass is 464 g/mol. The third-order valence-corrected chi connectivity index (χ3v) is 6.64. The van der Waals surface area contributed by atoms with Gasteiger partial charge in [0.2, 0.25) is 0 Å². The van der Waals surface area contributed by atoms with E-state index in [-0.39, 0.29) is 24.3 Å². The Morgan fingerprint density at radius 3 is 2.09 bits per heavy atom. The number of benzene rings is 2. The van der Waals surface area contributed by atoms with Crippen molar-refractivity contribution in [1.82, 2.24) is 0 Å². The molecule has 0 amide bonds. The minimum atomic E-state index is -3.21. The van der Waals surface area contributed by atoms with Crippen molar-refractivity contribution in [3.8, 4) is 5.75 Å². The highest BCUT2D eigenvalue weighted by Gasteiger charge is 2.30. The summed E-state index contributed by atoms with van der Waals surface area (Å²) in [5.74, 6) is 0.410. The lowest BCUT2D eigenvalue weighted by Crippen LogP contribution is -2.13. The lowest BCUT2D eigenvalue weighted by molar-refractivity contribution is 0.0968. The fourth-order valence-electron chi connectivity index (χ4n) is 4.98. The van der Waals surface area contributed by atoms with Crippen LogP contribution < -0.4 is 4.74 Å². The van der Waals surface area contributed by atoms with Gasteiger partial charge in [0.1, 0.15) is 5.75 Å². The molecule has 1 aliphatic carbocycles. The zero-order valence-corrected chi connectivity index (χ0v) is 19.3. The molecule has 0 saturated heterocycles. The molecule has 0 atom stereocenters. The van der Waals surface area contributed by atoms with Crippen LogP contribution in [0.15, 0.2) is 36.4 Å². The molecule has 33 heavy (non-hydrogen) atoms. The van der Waals surface area contributed by atoms with Crippen molar-refractivity contribution in [1.29, 1.82) is 0 Å². The molecule has 180 valence electrons. The standard InChI is InChI=1S/C27H32F4O2/c1-3-5-17-6-10-19(11-7-17)20-12-8-18(9-13-20)16-22(32)21-14-15-23(33-4-2)25(27(30)31)24(21)26(28)29/h8-9,12-15,17,19,26-27H,3-7,10-11,16H2,1-2H3. The van der Waals surface area contributed by atoms with E-state index < -0.39 is 29.8 Å². The molecule has 0 aromatic heterocycles. The zero-order chi connectivity index (χ0) is 24.0. The number of Topliss-reactive ketones (excluding diaryl/α,β-unsaturated/α-hetero) is 1. The van der Waals surface area contributed by atoms with E-state index in [1.165, 1.54) is 43.4 Å². The van der Waals surface area contributed by atoms with Gasteiger partial charge in [-0.15, -0.1) is 0 Å². The molecule has 0 unspecified atom stereocenters. The average molecular weight is 465 g/mol. The highest BCUT2D eigenvalue weighted by atomic mass is 19.3. The number of carbonyl (C=O) groups excluding carboxylic acids is 1. The molecule has 3 rings (SSSR count). The summed E-state index contributed by atoms with van der Waals surface area (Å²) in [6.45, 7) is 3.86. The van der Waals surface area contributed by atoms with Gasteiger partial charge < -0.3 is 4.74 Å². The quantitative estimate of drug-likeness (QED) is 0.260. The van der Waals surface area contributed by atoms with E-state index in [1.807, 2.05) is 24.3 Å². The minimum absolute atomic E-state index is 0.0578. The van der Waals surface area contributed by atoms with Crippen molar-refractivity contribution in [2.24, 2.45) is 5.92 Å². The fraction of sp³-hybridized carbons (Fsp3) is 0.519. The molecular formula is C27H32F4O2. The second-order valence-electron chi connectivity index (χ2n) is 8.82. The van der Waals surface area contributed by atoms with Crippen molar-refractivity contribution < 1.29 is 27.1 Å². The van der Waals surface area contributed by atoms with Crippen molar-refractivity contribution in [3.05, 3.63) is 64.2 Å². The first-order valence-corrected chi connectivity index (χ1v) is 11.8. The Balaban J connectivity index is 1.75. The van der Waals surface area contributed by atoms with E-state index in [0.717, 1.165) is 18.8 Å². The summed E-state index contributed by atoms with van der Waals surface area (Å²) < 4.78 is 59.8. The summed E-state index contributed by atoms with van der Waals surface area (Å²) in [6, 6.07) is 10.0. The van der Waals surface area contributed by atoms with Gasteiger partial charge in [0.05, 0.1) is 12.2 Å². The SMILES string of the molecule is CCCC1CCC(c2ccc(CC(=O)c3ccc(OCC)c(C(F)F)c3C(F)F)cc2)CC1. The van der Waals surface area contributed by atoms with E-state index in [9.17, 15) is 22.4 Å². The topological polar surface area (TPSA) is 26.3 Å². The molecule has 1 fully saturated rings. The molecule has 6 heteroatoms. The molecule has 2 aromatic rings. The number of ether oxygens (including phenoxy) is 1. The minimum Gasteiger partial charge on any atom is -0.493 e. The van der Waals surface area contributed by atoms with Gasteiger partial charge in [0, 0.05) is 17.5 Å². The molecule has 2 nitrogen and oxygen atoms in total. The van der Waals surface area contributed by atoms with Crippen LogP contribution in [0.4, 0.5) is 17.6 Å². The van der Waals surface area contributed by atoms with Gasteiger partial charge in [0.25, 0.3) is 12.9 Å². The Morgan fingerprint density at radius 2 is 1.55 bits per heavy atom. The van der Waals surface area contributed by atoms with Crippen LogP contribution in [-0.2, 0) is 6.42 Å². The molecule has 1 aliphatic rings. The third kappa shape index (κ3) is 6.15. The lowest BCUT2D eigenvalue weighted by atomic mass is 9.77. The van der Waals surface area contributed by atoms with E-state index in [1.54, 1.807) is 6.92 Å². The number of hydrogen-bond donors (Lipinski definition) is 0. The summed E-state index contributed by atoms with van der Waals surface area (Å²) in [6.07, 6.45) is 0.783. The van der Waals surface area contributed by atoms with Gasteiger partial charge in [0.15, 0.2) is 5.78 Å². The van der Waals surface area contributed by atoms with Gasteiger partial charge in [-0.2, -0.15) is 0 Å². The van der Waals surface area contributed by atoms with Gasteiger partial charge >= 0.3 is 0 Å². The van der Waals surface area contributed by atoms with Crippen LogP contribution in [0.2, 0.25) is 0 Å². The number of ketones is 1. The zero-order valence-electron chi connectivity index (χ0n) is 19.3. The maximum Gasteiger partial charge on any atom is 0.267 e. The van der Waals surface area contributed by atoms with Crippen LogP contribution in [-0.4, -0.2) is 12.4 Å². The Kier molecular flexibility index (Phi) is 8.93. The van der Waals surface area contributed by atoms with E-state index in [4.69, 9.17) is 4.74 Å². The van der Waals surface area contributed by atoms with E-state index >= 15 is 0 Å². The van der Waals surface area contributed by atoms with Crippen LogP contribution in [0.3, 0.4) is 0 Å². The summed E-state index contributed by atoms with van der Waals surface area (Å²) in [5.41, 5.74) is -0.290. The Hall–Kier alpha value is -2.37. The van der Waals surface area contributed by atoms with Crippen molar-refractivity contribution in [3.63, 3.8) is 0 Å². The molecule has 0 heterocycles. The molecule has 0 spiro atoms. The average Bonchev–Trinajstić information content (AvgIpc) is 2.80. The largest absolute Gasteiger partial charge is 0.493 e. The second-order valence-corrected chi connectivity index (χ2v) is 8.82.